The van der Waals surface area contributed by atoms with E-state index >= 15 is 0 Å². The topological polar surface area (TPSA) is 85.4 Å². The van der Waals surface area contributed by atoms with Gasteiger partial charge in [0.1, 0.15) is 5.69 Å². The van der Waals surface area contributed by atoms with Crippen LogP contribution in [0.3, 0.4) is 0 Å². The molecule has 3 rings (SSSR count). The molecule has 0 aliphatic rings. The summed E-state index contributed by atoms with van der Waals surface area (Å²) >= 11 is 0. The van der Waals surface area contributed by atoms with Crippen molar-refractivity contribution in [3.05, 3.63) is 64.3 Å². The predicted molar refractivity (Wildman–Crippen MR) is 86.7 cm³/mol. The standard InChI is InChI=1S/C17H14N2O4/c1-2-18-14-9-8-12(19(22)23)10-13(14)15(16(18)17(20)21)11-6-4-3-5-7-11/h3-10H,2H2,1H3,(H,20,21). The molecule has 116 valence electrons. The summed E-state index contributed by atoms with van der Waals surface area (Å²) in [5.41, 5.74) is 2.00. The number of rotatable bonds is 4. The van der Waals surface area contributed by atoms with Crippen LogP contribution in [0.15, 0.2) is 48.5 Å². The molecule has 0 saturated heterocycles. The number of hydrogen-bond donors (Lipinski definition) is 1. The van der Waals surface area contributed by atoms with Crippen LogP contribution in [0.2, 0.25) is 0 Å². The second-order valence-corrected chi connectivity index (χ2v) is 5.10. The molecule has 3 aromatic rings. The smallest absolute Gasteiger partial charge is 0.353 e. The number of fused-ring (bicyclic) bond motifs is 1. The van der Waals surface area contributed by atoms with Gasteiger partial charge in [-0.2, -0.15) is 0 Å². The highest BCUT2D eigenvalue weighted by atomic mass is 16.6. The lowest BCUT2D eigenvalue weighted by molar-refractivity contribution is -0.384. The molecule has 1 aromatic heterocycles. The summed E-state index contributed by atoms with van der Waals surface area (Å²) in [6.07, 6.45) is 0. The zero-order valence-electron chi connectivity index (χ0n) is 12.4. The highest BCUT2D eigenvalue weighted by molar-refractivity contribution is 6.08. The molecule has 6 nitrogen and oxygen atoms in total. The fraction of sp³-hybridized carbons (Fsp3) is 0.118. The average molecular weight is 310 g/mol. The third-order valence-corrected chi connectivity index (χ3v) is 3.84. The first-order valence-corrected chi connectivity index (χ1v) is 7.14. The minimum atomic E-state index is -1.05. The third-order valence-electron chi connectivity index (χ3n) is 3.84. The average Bonchev–Trinajstić information content (AvgIpc) is 2.89. The van der Waals surface area contributed by atoms with E-state index in [1.165, 1.54) is 12.1 Å². The van der Waals surface area contributed by atoms with Crippen molar-refractivity contribution in [2.24, 2.45) is 0 Å². The monoisotopic (exact) mass is 310 g/mol. The van der Waals surface area contributed by atoms with E-state index in [9.17, 15) is 20.0 Å². The summed E-state index contributed by atoms with van der Waals surface area (Å²) in [6, 6.07) is 13.5. The molecule has 0 atom stereocenters. The van der Waals surface area contributed by atoms with E-state index < -0.39 is 10.9 Å². The Kier molecular flexibility index (Phi) is 3.57. The van der Waals surface area contributed by atoms with Crippen molar-refractivity contribution in [3.63, 3.8) is 0 Å². The number of benzene rings is 2. The maximum atomic E-state index is 11.8. The highest BCUT2D eigenvalue weighted by Gasteiger charge is 2.24. The fourth-order valence-corrected chi connectivity index (χ4v) is 2.90. The van der Waals surface area contributed by atoms with Crippen LogP contribution in [0.25, 0.3) is 22.0 Å². The zero-order chi connectivity index (χ0) is 16.6. The molecular weight excluding hydrogens is 296 g/mol. The Labute approximate surface area is 131 Å². The van der Waals surface area contributed by atoms with Gasteiger partial charge in [-0.3, -0.25) is 10.1 Å². The Morgan fingerprint density at radius 2 is 1.91 bits per heavy atom. The molecule has 0 aliphatic carbocycles. The number of aromatic nitrogens is 1. The van der Waals surface area contributed by atoms with E-state index in [2.05, 4.69) is 0 Å². The number of carboxylic acids is 1. The van der Waals surface area contributed by atoms with Crippen molar-refractivity contribution in [1.82, 2.24) is 4.57 Å². The number of nitrogens with zero attached hydrogens (tertiary/aromatic N) is 2. The first-order valence-electron chi connectivity index (χ1n) is 7.14. The number of nitro benzene ring substituents is 1. The largest absolute Gasteiger partial charge is 0.477 e. The van der Waals surface area contributed by atoms with E-state index in [1.54, 1.807) is 22.8 Å². The second kappa shape index (κ2) is 5.57. The number of aromatic carboxylic acids is 1. The number of hydrogen-bond acceptors (Lipinski definition) is 3. The van der Waals surface area contributed by atoms with Crippen molar-refractivity contribution in [1.29, 1.82) is 0 Å². The van der Waals surface area contributed by atoms with Crippen LogP contribution in [0.5, 0.6) is 0 Å². The van der Waals surface area contributed by atoms with Gasteiger partial charge in [-0.1, -0.05) is 30.3 Å². The lowest BCUT2D eigenvalue weighted by atomic mass is 10.0. The molecule has 0 radical (unpaired) electrons. The van der Waals surface area contributed by atoms with Crippen molar-refractivity contribution >= 4 is 22.6 Å². The van der Waals surface area contributed by atoms with Gasteiger partial charge in [-0.05, 0) is 18.6 Å². The van der Waals surface area contributed by atoms with Crippen LogP contribution in [0, 0.1) is 10.1 Å². The summed E-state index contributed by atoms with van der Waals surface area (Å²) in [5, 5.41) is 21.3. The first kappa shape index (κ1) is 14.8. The molecule has 1 N–H and O–H groups in total. The molecule has 23 heavy (non-hydrogen) atoms. The molecule has 0 amide bonds. The lowest BCUT2D eigenvalue weighted by Crippen LogP contribution is -2.08. The summed E-state index contributed by atoms with van der Waals surface area (Å²) in [5.74, 6) is -1.05. The van der Waals surface area contributed by atoms with E-state index in [-0.39, 0.29) is 11.4 Å². The zero-order valence-corrected chi connectivity index (χ0v) is 12.4. The second-order valence-electron chi connectivity index (χ2n) is 5.10. The fourth-order valence-electron chi connectivity index (χ4n) is 2.90. The molecule has 6 heteroatoms. The Balaban J connectivity index is 2.47. The summed E-state index contributed by atoms with van der Waals surface area (Å²) in [4.78, 5) is 22.4. The van der Waals surface area contributed by atoms with Crippen molar-refractivity contribution in [2.45, 2.75) is 13.5 Å². The van der Waals surface area contributed by atoms with E-state index in [1.807, 2.05) is 25.1 Å². The van der Waals surface area contributed by atoms with Gasteiger partial charge >= 0.3 is 5.97 Å². The molecule has 0 fully saturated rings. The van der Waals surface area contributed by atoms with Crippen molar-refractivity contribution < 1.29 is 14.8 Å². The minimum absolute atomic E-state index is 0.0557. The van der Waals surface area contributed by atoms with Crippen LogP contribution in [0.4, 0.5) is 5.69 Å². The SMILES string of the molecule is CCn1c(C(=O)O)c(-c2ccccc2)c2cc([N+](=O)[O-])ccc21. The van der Waals surface area contributed by atoms with Gasteiger partial charge in [0.2, 0.25) is 0 Å². The molecule has 0 saturated carbocycles. The maximum Gasteiger partial charge on any atom is 0.353 e. The Morgan fingerprint density at radius 1 is 1.22 bits per heavy atom. The number of carboxylic acid groups (broad SMARTS) is 1. The van der Waals surface area contributed by atoms with Crippen LogP contribution in [-0.2, 0) is 6.54 Å². The lowest BCUT2D eigenvalue weighted by Gasteiger charge is -2.05. The number of carbonyl (C=O) groups is 1. The van der Waals surface area contributed by atoms with Crippen LogP contribution < -0.4 is 0 Å². The Hall–Kier alpha value is -3.15. The van der Waals surface area contributed by atoms with Crippen LogP contribution in [-0.4, -0.2) is 20.6 Å². The predicted octanol–water partition coefficient (Wildman–Crippen LogP) is 3.93. The Morgan fingerprint density at radius 3 is 2.48 bits per heavy atom. The quantitative estimate of drug-likeness (QED) is 0.584. The van der Waals surface area contributed by atoms with Gasteiger partial charge in [-0.15, -0.1) is 0 Å². The van der Waals surface area contributed by atoms with Gasteiger partial charge in [0.25, 0.3) is 5.69 Å². The number of nitro groups is 1. The molecule has 0 aliphatic heterocycles. The molecular formula is C17H14N2O4. The molecule has 1 heterocycles. The normalized spacial score (nSPS) is 10.8. The van der Waals surface area contributed by atoms with Gasteiger partial charge in [-0.25, -0.2) is 4.79 Å². The highest BCUT2D eigenvalue weighted by Crippen LogP contribution is 2.36. The summed E-state index contributed by atoms with van der Waals surface area (Å²) in [6.45, 7) is 2.31. The van der Waals surface area contributed by atoms with E-state index in [4.69, 9.17) is 0 Å². The first-order chi connectivity index (χ1) is 11.0. The van der Waals surface area contributed by atoms with Crippen LogP contribution in [0.1, 0.15) is 17.4 Å². The van der Waals surface area contributed by atoms with E-state index in [0.29, 0.717) is 23.0 Å². The maximum absolute atomic E-state index is 11.8. The third kappa shape index (κ3) is 2.34. The number of aryl methyl sites for hydroxylation is 1. The number of non-ortho nitro benzene ring substituents is 1. The van der Waals surface area contributed by atoms with Crippen molar-refractivity contribution in [2.75, 3.05) is 0 Å². The van der Waals surface area contributed by atoms with Crippen molar-refractivity contribution in [3.8, 4) is 11.1 Å². The Bertz CT molecular complexity index is 913. The van der Waals surface area contributed by atoms with Crippen LogP contribution >= 0.6 is 0 Å². The molecule has 0 unspecified atom stereocenters. The van der Waals surface area contributed by atoms with Gasteiger partial charge in [0.15, 0.2) is 0 Å². The summed E-state index contributed by atoms with van der Waals surface area (Å²) < 4.78 is 1.67. The summed E-state index contributed by atoms with van der Waals surface area (Å²) in [7, 11) is 0. The van der Waals surface area contributed by atoms with E-state index in [0.717, 1.165) is 5.56 Å². The molecule has 0 spiro atoms. The molecule has 2 aromatic carbocycles. The van der Waals surface area contributed by atoms with Gasteiger partial charge in [0, 0.05) is 35.1 Å². The minimum Gasteiger partial charge on any atom is -0.477 e. The van der Waals surface area contributed by atoms with Gasteiger partial charge < -0.3 is 9.67 Å². The van der Waals surface area contributed by atoms with Gasteiger partial charge in [0.05, 0.1) is 4.92 Å². The molecule has 0 bridgehead atoms.